The zero-order valence-corrected chi connectivity index (χ0v) is 16.5. The van der Waals surface area contributed by atoms with E-state index in [4.69, 9.17) is 10.2 Å². The van der Waals surface area contributed by atoms with Crippen molar-refractivity contribution in [1.29, 1.82) is 0 Å². The predicted octanol–water partition coefficient (Wildman–Crippen LogP) is -0.224. The highest BCUT2D eigenvalue weighted by Crippen LogP contribution is 2.14. The number of hydrogen-bond donors (Lipinski definition) is 2. The summed E-state index contributed by atoms with van der Waals surface area (Å²) in [7, 11) is 0. The molecule has 0 aromatic rings. The van der Waals surface area contributed by atoms with Crippen molar-refractivity contribution in [3.8, 4) is 0 Å². The van der Waals surface area contributed by atoms with E-state index in [0.717, 1.165) is 0 Å². The van der Waals surface area contributed by atoms with Crippen molar-refractivity contribution in [2.75, 3.05) is 56.2 Å². The maximum Gasteiger partial charge on any atom is 0.248 e. The molecular formula is C16H27N3O5S2. The van der Waals surface area contributed by atoms with Gasteiger partial charge in [-0.3, -0.25) is 14.4 Å². The first-order valence-electron chi connectivity index (χ1n) is 8.37. The summed E-state index contributed by atoms with van der Waals surface area (Å²) in [6.45, 7) is 4.04. The lowest BCUT2D eigenvalue weighted by molar-refractivity contribution is -0.156. The molecule has 1 saturated heterocycles. The van der Waals surface area contributed by atoms with Crippen LogP contribution in [-0.2, 0) is 14.4 Å². The first-order chi connectivity index (χ1) is 12.5. The van der Waals surface area contributed by atoms with Gasteiger partial charge in [0, 0.05) is 35.9 Å². The van der Waals surface area contributed by atoms with Gasteiger partial charge in [0.2, 0.25) is 17.7 Å². The number of rotatable bonds is 11. The maximum atomic E-state index is 12.4. The quantitative estimate of drug-likeness (QED) is 0.362. The molecule has 1 rings (SSSR count). The first kappa shape index (κ1) is 22.8. The largest absolute Gasteiger partial charge is 0.396 e. The van der Waals surface area contributed by atoms with Gasteiger partial charge in [0.15, 0.2) is 0 Å². The molecule has 10 heteroatoms. The van der Waals surface area contributed by atoms with Crippen molar-refractivity contribution in [1.82, 2.24) is 14.7 Å². The number of aliphatic hydroxyl groups is 2. The van der Waals surface area contributed by atoms with Crippen LogP contribution in [0.2, 0.25) is 0 Å². The van der Waals surface area contributed by atoms with Crippen LogP contribution in [0.3, 0.4) is 0 Å². The van der Waals surface area contributed by atoms with Crippen LogP contribution in [0.15, 0.2) is 12.7 Å². The van der Waals surface area contributed by atoms with Gasteiger partial charge in [0.25, 0.3) is 0 Å². The molecule has 1 aliphatic heterocycles. The number of nitrogens with zero attached hydrogens (tertiary/aromatic N) is 3. The minimum Gasteiger partial charge on any atom is -0.396 e. The Morgan fingerprint density at radius 1 is 0.808 bits per heavy atom. The Morgan fingerprint density at radius 3 is 1.62 bits per heavy atom. The lowest BCUT2D eigenvalue weighted by atomic mass is 10.3. The Labute approximate surface area is 162 Å². The third kappa shape index (κ3) is 7.98. The highest BCUT2D eigenvalue weighted by Gasteiger charge is 2.30. The number of hydrogen-bond acceptors (Lipinski definition) is 7. The molecule has 2 N–H and O–H groups in total. The van der Waals surface area contributed by atoms with E-state index in [-0.39, 0.29) is 63.8 Å². The Kier molecular flexibility index (Phi) is 11.4. The van der Waals surface area contributed by atoms with Crippen LogP contribution in [0.5, 0.6) is 0 Å². The fourth-order valence-electron chi connectivity index (χ4n) is 2.30. The van der Waals surface area contributed by atoms with E-state index in [1.54, 1.807) is 0 Å². The zero-order chi connectivity index (χ0) is 19.4. The van der Waals surface area contributed by atoms with Gasteiger partial charge in [-0.05, 0) is 6.08 Å². The highest BCUT2D eigenvalue weighted by atomic mass is 32.2. The second-order valence-electron chi connectivity index (χ2n) is 5.55. The van der Waals surface area contributed by atoms with E-state index < -0.39 is 0 Å². The molecule has 0 bridgehead atoms. The Morgan fingerprint density at radius 2 is 1.23 bits per heavy atom. The van der Waals surface area contributed by atoms with E-state index in [2.05, 4.69) is 6.58 Å². The number of amides is 3. The zero-order valence-electron chi connectivity index (χ0n) is 14.8. The lowest BCUT2D eigenvalue weighted by Crippen LogP contribution is -2.59. The van der Waals surface area contributed by atoms with Crippen LogP contribution in [-0.4, -0.2) is 98.9 Å². The van der Waals surface area contributed by atoms with E-state index in [9.17, 15) is 14.4 Å². The van der Waals surface area contributed by atoms with Gasteiger partial charge in [0.1, 0.15) is 0 Å². The van der Waals surface area contributed by atoms with Gasteiger partial charge in [-0.25, -0.2) is 0 Å². The molecule has 8 nitrogen and oxygen atoms in total. The molecule has 0 aromatic heterocycles. The van der Waals surface area contributed by atoms with Crippen LogP contribution >= 0.6 is 23.5 Å². The minimum absolute atomic E-state index is 0.0702. The van der Waals surface area contributed by atoms with Crippen LogP contribution in [0.4, 0.5) is 0 Å². The average molecular weight is 406 g/mol. The fourth-order valence-corrected chi connectivity index (χ4v) is 3.61. The van der Waals surface area contributed by atoms with Crippen LogP contribution in [0.1, 0.15) is 12.8 Å². The van der Waals surface area contributed by atoms with Crippen molar-refractivity contribution < 1.29 is 24.6 Å². The second kappa shape index (κ2) is 13.0. The number of thioether (sulfide) groups is 2. The Bertz CT molecular complexity index is 461. The van der Waals surface area contributed by atoms with Gasteiger partial charge >= 0.3 is 0 Å². The van der Waals surface area contributed by atoms with Gasteiger partial charge in [-0.2, -0.15) is 23.5 Å². The van der Waals surface area contributed by atoms with Crippen LogP contribution in [0.25, 0.3) is 0 Å². The molecule has 0 atom stereocenters. The van der Waals surface area contributed by atoms with Gasteiger partial charge in [-0.1, -0.05) is 6.58 Å². The van der Waals surface area contributed by atoms with E-state index in [0.29, 0.717) is 23.0 Å². The molecule has 26 heavy (non-hydrogen) atoms. The highest BCUT2D eigenvalue weighted by molar-refractivity contribution is 7.99. The van der Waals surface area contributed by atoms with Crippen LogP contribution in [0, 0.1) is 0 Å². The van der Waals surface area contributed by atoms with Crippen molar-refractivity contribution in [3.05, 3.63) is 12.7 Å². The SMILES string of the molecule is C=CC(=O)N1CN(C(=O)CCSCCO)CN(C(=O)CCSCCO)C1. The van der Waals surface area contributed by atoms with E-state index >= 15 is 0 Å². The van der Waals surface area contributed by atoms with Gasteiger partial charge < -0.3 is 24.9 Å². The van der Waals surface area contributed by atoms with Gasteiger partial charge in [0.05, 0.1) is 33.2 Å². The summed E-state index contributed by atoms with van der Waals surface area (Å²) in [5, 5.41) is 17.5. The van der Waals surface area contributed by atoms with Crippen molar-refractivity contribution >= 4 is 41.2 Å². The molecule has 0 aromatic carbocycles. The monoisotopic (exact) mass is 405 g/mol. The van der Waals surface area contributed by atoms with E-state index in [1.165, 1.54) is 44.3 Å². The second-order valence-corrected chi connectivity index (χ2v) is 8.00. The molecule has 1 fully saturated rings. The summed E-state index contributed by atoms with van der Waals surface area (Å²) < 4.78 is 0. The summed E-state index contributed by atoms with van der Waals surface area (Å²) in [5.41, 5.74) is 0. The minimum atomic E-state index is -0.329. The molecule has 1 aliphatic rings. The lowest BCUT2D eigenvalue weighted by Gasteiger charge is -2.42. The summed E-state index contributed by atoms with van der Waals surface area (Å²) in [6.07, 6.45) is 1.75. The van der Waals surface area contributed by atoms with Crippen molar-refractivity contribution in [2.24, 2.45) is 0 Å². The molecule has 3 amide bonds. The maximum absolute atomic E-state index is 12.4. The molecule has 0 saturated carbocycles. The predicted molar refractivity (Wildman–Crippen MR) is 103 cm³/mol. The van der Waals surface area contributed by atoms with E-state index in [1.807, 2.05) is 0 Å². The number of carbonyl (C=O) groups excluding carboxylic acids is 3. The molecular weight excluding hydrogens is 378 g/mol. The molecule has 148 valence electrons. The fraction of sp³-hybridized carbons (Fsp3) is 0.688. The summed E-state index contributed by atoms with van der Waals surface area (Å²) >= 11 is 2.96. The average Bonchev–Trinajstić information content (AvgIpc) is 2.67. The number of carbonyl (C=O) groups is 3. The van der Waals surface area contributed by atoms with Crippen LogP contribution < -0.4 is 0 Å². The summed E-state index contributed by atoms with van der Waals surface area (Å²) in [6, 6.07) is 0. The Balaban J connectivity index is 2.63. The first-order valence-corrected chi connectivity index (χ1v) is 10.7. The normalized spacial score (nSPS) is 14.5. The summed E-state index contributed by atoms with van der Waals surface area (Å²) in [4.78, 5) is 41.2. The standard InChI is InChI=1S/C16H27N3O5S2/c1-2-14(22)17-11-18(15(23)3-7-25-9-5-20)13-19(12-17)16(24)4-8-26-10-6-21/h2,20-21H,1,3-13H2. The number of aliphatic hydroxyl groups excluding tert-OH is 2. The van der Waals surface area contributed by atoms with Gasteiger partial charge in [-0.15, -0.1) is 0 Å². The molecule has 0 aliphatic carbocycles. The third-order valence-corrected chi connectivity index (χ3v) is 5.54. The molecule has 0 radical (unpaired) electrons. The van der Waals surface area contributed by atoms with Crippen molar-refractivity contribution in [3.63, 3.8) is 0 Å². The molecule has 1 heterocycles. The summed E-state index contributed by atoms with van der Waals surface area (Å²) in [5.74, 6) is 1.71. The van der Waals surface area contributed by atoms with Crippen molar-refractivity contribution in [2.45, 2.75) is 12.8 Å². The topological polar surface area (TPSA) is 101 Å². The Hall–Kier alpha value is -1.23. The smallest absolute Gasteiger partial charge is 0.248 e. The third-order valence-electron chi connectivity index (χ3n) is 3.61. The molecule has 0 spiro atoms. The molecule has 0 unspecified atom stereocenters.